The maximum atomic E-state index is 13.6. The van der Waals surface area contributed by atoms with E-state index in [0.29, 0.717) is 18.6 Å². The second-order valence-electron chi connectivity index (χ2n) is 8.94. The summed E-state index contributed by atoms with van der Waals surface area (Å²) in [6.45, 7) is 8.10. The van der Waals surface area contributed by atoms with Gasteiger partial charge in [-0.05, 0) is 25.3 Å². The first-order valence-electron chi connectivity index (χ1n) is 10.5. The lowest BCUT2D eigenvalue weighted by Gasteiger charge is -2.29. The number of aromatic nitrogens is 1. The van der Waals surface area contributed by atoms with Crippen molar-refractivity contribution in [2.75, 3.05) is 6.54 Å². The number of hydrogen-bond acceptors (Lipinski definition) is 6. The summed E-state index contributed by atoms with van der Waals surface area (Å²) >= 11 is 0. The summed E-state index contributed by atoms with van der Waals surface area (Å²) in [7, 11) is 0. The molecule has 160 valence electrons. The molecule has 2 aliphatic heterocycles. The second kappa shape index (κ2) is 7.87. The molecule has 7 heteroatoms. The van der Waals surface area contributed by atoms with Gasteiger partial charge in [0.05, 0.1) is 23.6 Å². The van der Waals surface area contributed by atoms with Crippen LogP contribution in [0.2, 0.25) is 0 Å². The fourth-order valence-electron chi connectivity index (χ4n) is 4.51. The third-order valence-corrected chi connectivity index (χ3v) is 6.10. The molecule has 0 aliphatic carbocycles. The zero-order chi connectivity index (χ0) is 21.5. The van der Waals surface area contributed by atoms with Gasteiger partial charge in [-0.15, -0.1) is 0 Å². The molecule has 1 aromatic carbocycles. The van der Waals surface area contributed by atoms with Crippen molar-refractivity contribution in [2.24, 2.45) is 11.1 Å². The molecule has 0 radical (unpaired) electrons. The fourth-order valence-corrected chi connectivity index (χ4v) is 4.51. The van der Waals surface area contributed by atoms with E-state index >= 15 is 0 Å². The van der Waals surface area contributed by atoms with E-state index in [0.717, 1.165) is 17.0 Å². The van der Waals surface area contributed by atoms with Crippen molar-refractivity contribution in [3.63, 3.8) is 0 Å². The van der Waals surface area contributed by atoms with Gasteiger partial charge in [0, 0.05) is 25.5 Å². The van der Waals surface area contributed by atoms with Crippen LogP contribution in [0.1, 0.15) is 56.5 Å². The maximum absolute atomic E-state index is 13.6. The monoisotopic (exact) mass is 411 g/mol. The van der Waals surface area contributed by atoms with Gasteiger partial charge in [-0.3, -0.25) is 4.79 Å². The molecule has 7 nitrogen and oxygen atoms in total. The molecule has 1 aromatic heterocycles. The number of β-amino-alcohol motifs (C(OH)–C–C–N with tert-alkyl or cyclic N) is 1. The normalized spacial score (nSPS) is 27.3. The van der Waals surface area contributed by atoms with Gasteiger partial charge in [0.25, 0.3) is 0 Å². The number of likely N-dealkylation sites (tertiary alicyclic amines) is 1. The highest BCUT2D eigenvalue weighted by Crippen LogP contribution is 2.38. The highest BCUT2D eigenvalue weighted by Gasteiger charge is 2.46. The zero-order valence-corrected chi connectivity index (χ0v) is 17.9. The van der Waals surface area contributed by atoms with E-state index < -0.39 is 17.6 Å². The summed E-state index contributed by atoms with van der Waals surface area (Å²) in [4.78, 5) is 21.2. The number of nitrogens with zero attached hydrogens (tertiary/aromatic N) is 3. The van der Waals surface area contributed by atoms with Gasteiger partial charge in [0.15, 0.2) is 5.60 Å². The molecule has 1 unspecified atom stereocenters. The molecular formula is C23H29N3O4. The van der Waals surface area contributed by atoms with Crippen molar-refractivity contribution in [1.82, 2.24) is 10.1 Å². The summed E-state index contributed by atoms with van der Waals surface area (Å²) in [5.41, 5.74) is 2.01. The van der Waals surface area contributed by atoms with Gasteiger partial charge in [0.2, 0.25) is 5.91 Å². The minimum atomic E-state index is -0.588. The van der Waals surface area contributed by atoms with Gasteiger partial charge < -0.3 is 19.4 Å². The zero-order valence-electron chi connectivity index (χ0n) is 17.9. The molecule has 2 aliphatic rings. The van der Waals surface area contributed by atoms with Crippen LogP contribution in [-0.4, -0.2) is 45.5 Å². The Balaban J connectivity index is 1.57. The van der Waals surface area contributed by atoms with E-state index in [-0.39, 0.29) is 24.4 Å². The topological polar surface area (TPSA) is 88.2 Å². The molecule has 2 aromatic rings. The largest absolute Gasteiger partial charge is 0.391 e. The minimum absolute atomic E-state index is 0.0274. The number of amides is 1. The Bertz CT molecular complexity index is 939. The van der Waals surface area contributed by atoms with E-state index in [9.17, 15) is 9.90 Å². The molecule has 3 heterocycles. The van der Waals surface area contributed by atoms with Gasteiger partial charge in [-0.1, -0.05) is 54.5 Å². The quantitative estimate of drug-likeness (QED) is 0.815. The summed E-state index contributed by atoms with van der Waals surface area (Å²) in [6, 6.07) is 11.5. The number of aryl methyl sites for hydroxylation is 1. The molecule has 1 fully saturated rings. The standard InChI is InChI=1S/C23H29N3O4/c1-14(2)21(20-10-15(3)24-29-20)22(28)26-13-17(27)11-19(26)18-12-23(4,30-25-18)16-8-6-5-7-9-16/h5-10,14,17,19,21,27H,11-13H2,1-4H3/t17-,19+,21+,23?/m1/s1. The highest BCUT2D eigenvalue weighted by atomic mass is 16.7. The summed E-state index contributed by atoms with van der Waals surface area (Å²) in [6.07, 6.45) is 0.444. The van der Waals surface area contributed by atoms with Crippen molar-refractivity contribution in [2.45, 2.75) is 64.2 Å². The van der Waals surface area contributed by atoms with Crippen molar-refractivity contribution in [1.29, 1.82) is 0 Å². The Morgan fingerprint density at radius 1 is 1.30 bits per heavy atom. The Morgan fingerprint density at radius 2 is 2.03 bits per heavy atom. The lowest BCUT2D eigenvalue weighted by atomic mass is 9.87. The lowest BCUT2D eigenvalue weighted by Crippen LogP contribution is -2.44. The highest BCUT2D eigenvalue weighted by molar-refractivity contribution is 5.96. The van der Waals surface area contributed by atoms with Crippen LogP contribution in [-0.2, 0) is 15.2 Å². The predicted octanol–water partition coefficient (Wildman–Crippen LogP) is 3.38. The van der Waals surface area contributed by atoms with E-state index in [4.69, 9.17) is 9.36 Å². The van der Waals surface area contributed by atoms with Gasteiger partial charge >= 0.3 is 0 Å². The first-order valence-corrected chi connectivity index (χ1v) is 10.5. The molecule has 0 saturated carbocycles. The van der Waals surface area contributed by atoms with Crippen molar-refractivity contribution in [3.05, 3.63) is 53.4 Å². The van der Waals surface area contributed by atoms with Crippen LogP contribution in [0.4, 0.5) is 0 Å². The summed E-state index contributed by atoms with van der Waals surface area (Å²) < 4.78 is 5.43. The molecule has 0 spiro atoms. The Hall–Kier alpha value is -2.67. The molecule has 30 heavy (non-hydrogen) atoms. The Labute approximate surface area is 176 Å². The summed E-state index contributed by atoms with van der Waals surface area (Å²) in [5.74, 6) is 0.0621. The Morgan fingerprint density at radius 3 is 2.67 bits per heavy atom. The lowest BCUT2D eigenvalue weighted by molar-refractivity contribution is -0.134. The number of carbonyl (C=O) groups excluding carboxylic acids is 1. The van der Waals surface area contributed by atoms with Crippen LogP contribution >= 0.6 is 0 Å². The number of carbonyl (C=O) groups is 1. The fraction of sp³-hybridized carbons (Fsp3) is 0.522. The van der Waals surface area contributed by atoms with Crippen LogP contribution in [0, 0.1) is 12.8 Å². The third-order valence-electron chi connectivity index (χ3n) is 6.10. The molecule has 1 N–H and O–H groups in total. The van der Waals surface area contributed by atoms with E-state index in [2.05, 4.69) is 10.3 Å². The van der Waals surface area contributed by atoms with Crippen LogP contribution in [0.15, 0.2) is 46.1 Å². The number of aliphatic hydroxyl groups is 1. The first kappa shape index (κ1) is 20.6. The number of benzene rings is 1. The summed E-state index contributed by atoms with van der Waals surface area (Å²) in [5, 5.41) is 18.7. The van der Waals surface area contributed by atoms with E-state index in [1.807, 2.05) is 64.1 Å². The predicted molar refractivity (Wildman–Crippen MR) is 112 cm³/mol. The Kier molecular flexibility index (Phi) is 5.40. The van der Waals surface area contributed by atoms with Crippen molar-refractivity contribution < 1.29 is 19.3 Å². The van der Waals surface area contributed by atoms with Crippen molar-refractivity contribution in [3.8, 4) is 0 Å². The number of aliphatic hydroxyl groups excluding tert-OH is 1. The average molecular weight is 412 g/mol. The minimum Gasteiger partial charge on any atom is -0.391 e. The molecule has 1 saturated heterocycles. The van der Waals surface area contributed by atoms with Crippen LogP contribution in [0.3, 0.4) is 0 Å². The molecular weight excluding hydrogens is 382 g/mol. The first-order chi connectivity index (χ1) is 14.3. The van der Waals surface area contributed by atoms with Gasteiger partial charge in [-0.2, -0.15) is 0 Å². The maximum Gasteiger partial charge on any atom is 0.234 e. The third kappa shape index (κ3) is 3.74. The van der Waals surface area contributed by atoms with Crippen molar-refractivity contribution >= 4 is 11.6 Å². The average Bonchev–Trinajstić information content (AvgIpc) is 3.41. The number of rotatable bonds is 5. The second-order valence-corrected chi connectivity index (χ2v) is 8.94. The van der Waals surface area contributed by atoms with Gasteiger partial charge in [-0.25, -0.2) is 0 Å². The SMILES string of the molecule is Cc1cc([C@@H](C(=O)N2C[C@H](O)C[C@H]2C2=NOC(C)(c3ccccc3)C2)C(C)C)on1. The van der Waals surface area contributed by atoms with Gasteiger partial charge in [0.1, 0.15) is 11.7 Å². The van der Waals surface area contributed by atoms with E-state index in [1.165, 1.54) is 0 Å². The molecule has 1 amide bonds. The molecule has 0 bridgehead atoms. The smallest absolute Gasteiger partial charge is 0.234 e. The van der Waals surface area contributed by atoms with Crippen LogP contribution in [0.5, 0.6) is 0 Å². The number of hydrogen-bond donors (Lipinski definition) is 1. The molecule has 4 rings (SSSR count). The van der Waals surface area contributed by atoms with Crippen LogP contribution < -0.4 is 0 Å². The van der Waals surface area contributed by atoms with E-state index in [1.54, 1.807) is 4.90 Å². The number of oxime groups is 1. The van der Waals surface area contributed by atoms with Crippen LogP contribution in [0.25, 0.3) is 0 Å². The molecule has 4 atom stereocenters.